The average Bonchev–Trinajstić information content (AvgIpc) is 2.78. The Bertz CT molecular complexity index is 584. The third kappa shape index (κ3) is 2.97. The molecule has 1 amide bonds. The fraction of sp³-hybridized carbons (Fsp3) is 0.500. The molecule has 22 heavy (non-hydrogen) atoms. The van der Waals surface area contributed by atoms with E-state index in [4.69, 9.17) is 4.74 Å². The Morgan fingerprint density at radius 2 is 2.00 bits per heavy atom. The number of carbonyl (C=O) groups excluding carboxylic acids is 1. The molecule has 1 atom stereocenters. The standard InChI is InChI=1S/C16H22FN2O2Si/c1-12-11-19(16(20)21-12)13-4-5-15(14(17)10-13)18-6-8-22(2,3)9-7-18/h4-5,10,12H,1,6-9,11H2,2-3H3. The van der Waals surface area contributed by atoms with E-state index in [0.29, 0.717) is 17.9 Å². The summed E-state index contributed by atoms with van der Waals surface area (Å²) in [5.74, 6) is -0.279. The summed E-state index contributed by atoms with van der Waals surface area (Å²) in [6, 6.07) is 7.36. The third-order valence-electron chi connectivity index (χ3n) is 4.57. The topological polar surface area (TPSA) is 32.8 Å². The number of rotatable bonds is 2. The van der Waals surface area contributed by atoms with Crippen LogP contribution < -0.4 is 9.80 Å². The number of benzene rings is 1. The van der Waals surface area contributed by atoms with E-state index < -0.39 is 20.3 Å². The van der Waals surface area contributed by atoms with Gasteiger partial charge in [-0.25, -0.2) is 9.18 Å². The van der Waals surface area contributed by atoms with Gasteiger partial charge in [-0.2, -0.15) is 0 Å². The molecule has 119 valence electrons. The van der Waals surface area contributed by atoms with Crippen molar-refractivity contribution < 1.29 is 13.9 Å². The number of carbonyl (C=O) groups is 1. The summed E-state index contributed by atoms with van der Waals surface area (Å²) in [6.07, 6.45) is -0.859. The van der Waals surface area contributed by atoms with E-state index in [1.54, 1.807) is 12.1 Å². The monoisotopic (exact) mass is 321 g/mol. The molecule has 2 aliphatic rings. The molecule has 2 heterocycles. The van der Waals surface area contributed by atoms with Crippen LogP contribution in [-0.2, 0) is 4.74 Å². The van der Waals surface area contributed by atoms with Crippen LogP contribution in [0.25, 0.3) is 0 Å². The van der Waals surface area contributed by atoms with Crippen molar-refractivity contribution in [3.8, 4) is 0 Å². The maximum atomic E-state index is 14.5. The molecule has 0 bridgehead atoms. The highest BCUT2D eigenvalue weighted by molar-refractivity contribution is 6.77. The van der Waals surface area contributed by atoms with Crippen LogP contribution in [0.3, 0.4) is 0 Å². The number of ether oxygens (including phenoxy) is 1. The summed E-state index contributed by atoms with van der Waals surface area (Å²) in [7, 11) is -1.07. The smallest absolute Gasteiger partial charge is 0.414 e. The fourth-order valence-electron chi connectivity index (χ4n) is 3.01. The normalized spacial score (nSPS) is 24.5. The minimum absolute atomic E-state index is 0.279. The van der Waals surface area contributed by atoms with Crippen molar-refractivity contribution in [1.29, 1.82) is 0 Å². The predicted molar refractivity (Wildman–Crippen MR) is 88.7 cm³/mol. The molecular weight excluding hydrogens is 299 g/mol. The van der Waals surface area contributed by atoms with Gasteiger partial charge >= 0.3 is 6.09 Å². The quantitative estimate of drug-likeness (QED) is 0.782. The Labute approximate surface area is 131 Å². The summed E-state index contributed by atoms with van der Waals surface area (Å²) in [5.41, 5.74) is 1.16. The molecule has 2 fully saturated rings. The van der Waals surface area contributed by atoms with E-state index in [2.05, 4.69) is 24.9 Å². The average molecular weight is 321 g/mol. The Morgan fingerprint density at radius 3 is 2.55 bits per heavy atom. The van der Waals surface area contributed by atoms with E-state index >= 15 is 0 Å². The second kappa shape index (κ2) is 5.57. The molecular formula is C16H22FN2O2Si. The Hall–Kier alpha value is -1.56. The number of halogens is 1. The molecule has 2 saturated heterocycles. The lowest BCUT2D eigenvalue weighted by Gasteiger charge is -2.37. The summed E-state index contributed by atoms with van der Waals surface area (Å²) >= 11 is 0. The van der Waals surface area contributed by atoms with Crippen molar-refractivity contribution in [2.45, 2.75) is 31.3 Å². The molecule has 0 saturated carbocycles. The molecule has 1 aromatic rings. The second-order valence-corrected chi connectivity index (χ2v) is 12.2. The molecule has 0 aromatic heterocycles. The van der Waals surface area contributed by atoms with E-state index in [0.717, 1.165) is 13.1 Å². The van der Waals surface area contributed by atoms with Gasteiger partial charge < -0.3 is 9.64 Å². The zero-order valence-corrected chi connectivity index (χ0v) is 14.1. The molecule has 0 aliphatic carbocycles. The van der Waals surface area contributed by atoms with Crippen molar-refractivity contribution in [2.24, 2.45) is 0 Å². The predicted octanol–water partition coefficient (Wildman–Crippen LogP) is 3.51. The van der Waals surface area contributed by atoms with Crippen LogP contribution in [0, 0.1) is 12.7 Å². The van der Waals surface area contributed by atoms with Gasteiger partial charge in [0.05, 0.1) is 26.0 Å². The van der Waals surface area contributed by atoms with Crippen molar-refractivity contribution in [3.63, 3.8) is 0 Å². The summed E-state index contributed by atoms with van der Waals surface area (Å²) in [5, 5.41) is 0. The van der Waals surface area contributed by atoms with Crippen molar-refractivity contribution in [1.82, 2.24) is 0 Å². The van der Waals surface area contributed by atoms with Crippen LogP contribution in [0.2, 0.25) is 25.2 Å². The van der Waals surface area contributed by atoms with Crippen molar-refractivity contribution >= 4 is 25.5 Å². The molecule has 6 heteroatoms. The highest BCUT2D eigenvalue weighted by atomic mass is 28.3. The van der Waals surface area contributed by atoms with Gasteiger partial charge in [-0.1, -0.05) is 13.1 Å². The highest BCUT2D eigenvalue weighted by Crippen LogP contribution is 2.31. The zero-order chi connectivity index (χ0) is 15.9. The maximum absolute atomic E-state index is 14.5. The van der Waals surface area contributed by atoms with Gasteiger partial charge in [0.15, 0.2) is 0 Å². The van der Waals surface area contributed by atoms with E-state index in [9.17, 15) is 9.18 Å². The minimum Gasteiger partial charge on any atom is -0.444 e. The number of nitrogens with zero attached hydrogens (tertiary/aromatic N) is 2. The summed E-state index contributed by atoms with van der Waals surface area (Å²) < 4.78 is 19.5. The van der Waals surface area contributed by atoms with Gasteiger partial charge in [-0.3, -0.25) is 4.90 Å². The first-order valence-electron chi connectivity index (χ1n) is 7.71. The van der Waals surface area contributed by atoms with E-state index in [1.165, 1.54) is 23.1 Å². The first kappa shape index (κ1) is 15.3. The molecule has 3 rings (SSSR count). The molecule has 0 spiro atoms. The lowest BCUT2D eigenvalue weighted by atomic mass is 10.2. The van der Waals surface area contributed by atoms with Gasteiger partial charge in [-0.05, 0) is 37.2 Å². The second-order valence-electron chi connectivity index (χ2n) is 6.90. The van der Waals surface area contributed by atoms with Gasteiger partial charge in [-0.15, -0.1) is 0 Å². The van der Waals surface area contributed by atoms with Crippen LogP contribution >= 0.6 is 0 Å². The van der Waals surface area contributed by atoms with Gasteiger partial charge in [0, 0.05) is 13.1 Å². The van der Waals surface area contributed by atoms with Gasteiger partial charge in [0.2, 0.25) is 0 Å². The number of hydrogen-bond acceptors (Lipinski definition) is 3. The fourth-order valence-corrected chi connectivity index (χ4v) is 5.01. The molecule has 1 radical (unpaired) electrons. The highest BCUT2D eigenvalue weighted by Gasteiger charge is 2.31. The summed E-state index contributed by atoms with van der Waals surface area (Å²) in [4.78, 5) is 15.2. The third-order valence-corrected chi connectivity index (χ3v) is 7.73. The molecule has 1 aromatic carbocycles. The molecule has 4 nitrogen and oxygen atoms in total. The van der Waals surface area contributed by atoms with Crippen LogP contribution in [0.5, 0.6) is 0 Å². The Kier molecular flexibility index (Phi) is 3.88. The maximum Gasteiger partial charge on any atom is 0.414 e. The molecule has 2 aliphatic heterocycles. The van der Waals surface area contributed by atoms with E-state index in [-0.39, 0.29) is 5.82 Å². The molecule has 0 N–H and O–H groups in total. The van der Waals surface area contributed by atoms with Crippen LogP contribution in [-0.4, -0.2) is 39.9 Å². The summed E-state index contributed by atoms with van der Waals surface area (Å²) in [6.45, 7) is 10.7. The Morgan fingerprint density at radius 1 is 1.32 bits per heavy atom. The first-order chi connectivity index (χ1) is 10.4. The lowest BCUT2D eigenvalue weighted by molar-refractivity contribution is 0.159. The number of anilines is 2. The largest absolute Gasteiger partial charge is 0.444 e. The van der Waals surface area contributed by atoms with Gasteiger partial charge in [0.1, 0.15) is 11.9 Å². The van der Waals surface area contributed by atoms with E-state index in [1.807, 2.05) is 0 Å². The van der Waals surface area contributed by atoms with Gasteiger partial charge in [0.25, 0.3) is 0 Å². The number of cyclic esters (lactones) is 1. The molecule has 1 unspecified atom stereocenters. The minimum atomic E-state index is -1.07. The van der Waals surface area contributed by atoms with Crippen LogP contribution in [0.15, 0.2) is 18.2 Å². The SMILES string of the molecule is [CH2]C1CN(c2ccc(N3CC[Si](C)(C)CC3)c(F)c2)C(=O)O1. The zero-order valence-electron chi connectivity index (χ0n) is 13.1. The first-order valence-corrected chi connectivity index (χ1v) is 11.1. The lowest BCUT2D eigenvalue weighted by Crippen LogP contribution is -2.43. The van der Waals surface area contributed by atoms with Crippen LogP contribution in [0.1, 0.15) is 0 Å². The number of amides is 1. The van der Waals surface area contributed by atoms with Crippen molar-refractivity contribution in [2.75, 3.05) is 29.4 Å². The van der Waals surface area contributed by atoms with Crippen LogP contribution in [0.4, 0.5) is 20.6 Å². The number of hydrogen-bond donors (Lipinski definition) is 0. The van der Waals surface area contributed by atoms with Crippen molar-refractivity contribution in [3.05, 3.63) is 30.9 Å². The Balaban J connectivity index is 1.77.